The van der Waals surface area contributed by atoms with Gasteiger partial charge in [-0.2, -0.15) is 8.42 Å². The molecule has 130 valence electrons. The molecule has 0 spiro atoms. The van der Waals surface area contributed by atoms with Crippen LogP contribution in [0.5, 0.6) is 17.2 Å². The Morgan fingerprint density at radius 1 is 1.00 bits per heavy atom. The first-order valence-corrected chi connectivity index (χ1v) is 9.42. The van der Waals surface area contributed by atoms with E-state index in [4.69, 9.17) is 9.29 Å². The van der Waals surface area contributed by atoms with E-state index in [1.54, 1.807) is 6.07 Å². The average Bonchev–Trinajstić information content (AvgIpc) is 2.54. The minimum Gasteiger partial charge on any atom is -0.504 e. The quantitative estimate of drug-likeness (QED) is 0.539. The van der Waals surface area contributed by atoms with Crippen molar-refractivity contribution in [1.29, 1.82) is 0 Å². The molecule has 0 saturated heterocycles. The molecule has 0 radical (unpaired) electrons. The Morgan fingerprint density at radius 3 is 2.33 bits per heavy atom. The molecule has 0 unspecified atom stereocenters. The van der Waals surface area contributed by atoms with E-state index in [9.17, 15) is 13.5 Å². The van der Waals surface area contributed by atoms with Crippen LogP contribution in [0, 0.1) is 0 Å². The van der Waals surface area contributed by atoms with Crippen molar-refractivity contribution >= 4 is 10.1 Å². The van der Waals surface area contributed by atoms with Gasteiger partial charge in [-0.1, -0.05) is 38.3 Å². The van der Waals surface area contributed by atoms with Gasteiger partial charge in [-0.05, 0) is 48.7 Å². The van der Waals surface area contributed by atoms with Gasteiger partial charge in [0, 0.05) is 0 Å². The Balaban J connectivity index is 2.09. The molecule has 5 nitrogen and oxygen atoms in total. The van der Waals surface area contributed by atoms with Gasteiger partial charge < -0.3 is 9.84 Å². The van der Waals surface area contributed by atoms with Gasteiger partial charge in [-0.3, -0.25) is 4.55 Å². The zero-order valence-corrected chi connectivity index (χ0v) is 14.4. The topological polar surface area (TPSA) is 83.8 Å². The maximum absolute atomic E-state index is 11.0. The number of hydrogen-bond acceptors (Lipinski definition) is 4. The molecule has 0 fully saturated rings. The number of benzene rings is 2. The molecular weight excluding hydrogens is 328 g/mol. The summed E-state index contributed by atoms with van der Waals surface area (Å²) in [4.78, 5) is -0.205. The molecule has 2 aromatic rings. The highest BCUT2D eigenvalue weighted by atomic mass is 32.2. The molecule has 0 saturated carbocycles. The van der Waals surface area contributed by atoms with Gasteiger partial charge >= 0.3 is 0 Å². The normalized spacial score (nSPS) is 11.4. The first-order chi connectivity index (χ1) is 11.4. The van der Waals surface area contributed by atoms with Gasteiger partial charge in [0.25, 0.3) is 10.1 Å². The van der Waals surface area contributed by atoms with Crippen molar-refractivity contribution in [2.75, 3.05) is 0 Å². The summed E-state index contributed by atoms with van der Waals surface area (Å²) in [6.07, 6.45) is 5.25. The van der Waals surface area contributed by atoms with Crippen LogP contribution in [0.4, 0.5) is 0 Å². The second-order valence-corrected chi connectivity index (χ2v) is 7.04. The number of para-hydroxylation sites is 1. The van der Waals surface area contributed by atoms with Gasteiger partial charge in [0.05, 0.1) is 4.90 Å². The van der Waals surface area contributed by atoms with Crippen LogP contribution in [0.3, 0.4) is 0 Å². The Hall–Kier alpha value is -2.05. The molecule has 24 heavy (non-hydrogen) atoms. The van der Waals surface area contributed by atoms with Crippen molar-refractivity contribution in [3.05, 3.63) is 48.0 Å². The third-order valence-electron chi connectivity index (χ3n) is 3.73. The zero-order valence-electron chi connectivity index (χ0n) is 13.6. The van der Waals surface area contributed by atoms with Crippen LogP contribution in [0.15, 0.2) is 47.4 Å². The number of phenolic OH excluding ortho intramolecular Hbond substituents is 1. The summed E-state index contributed by atoms with van der Waals surface area (Å²) in [5, 5.41) is 10.3. The SMILES string of the molecule is CCCCCCc1cccc(Oc2ccc(S(=O)(=O)O)cc2)c1O. The highest BCUT2D eigenvalue weighted by molar-refractivity contribution is 7.85. The fourth-order valence-corrected chi connectivity index (χ4v) is 2.88. The average molecular weight is 350 g/mol. The smallest absolute Gasteiger partial charge is 0.294 e. The van der Waals surface area contributed by atoms with E-state index in [1.807, 2.05) is 12.1 Å². The molecule has 0 aromatic heterocycles. The minimum absolute atomic E-state index is 0.104. The highest BCUT2D eigenvalue weighted by Crippen LogP contribution is 2.34. The fraction of sp³-hybridized carbons (Fsp3) is 0.333. The summed E-state index contributed by atoms with van der Waals surface area (Å²) in [6.45, 7) is 2.15. The predicted octanol–water partition coefficient (Wildman–Crippen LogP) is 4.55. The van der Waals surface area contributed by atoms with E-state index in [0.717, 1.165) is 31.2 Å². The number of rotatable bonds is 8. The monoisotopic (exact) mass is 350 g/mol. The molecule has 6 heteroatoms. The summed E-state index contributed by atoms with van der Waals surface area (Å²) in [6, 6.07) is 10.7. The summed E-state index contributed by atoms with van der Waals surface area (Å²) < 4.78 is 36.6. The van der Waals surface area contributed by atoms with E-state index in [0.29, 0.717) is 11.5 Å². The summed E-state index contributed by atoms with van der Waals surface area (Å²) in [5.74, 6) is 0.802. The van der Waals surface area contributed by atoms with Crippen molar-refractivity contribution in [2.45, 2.75) is 43.9 Å². The van der Waals surface area contributed by atoms with Crippen molar-refractivity contribution in [3.8, 4) is 17.2 Å². The zero-order chi connectivity index (χ0) is 17.6. The second-order valence-electron chi connectivity index (χ2n) is 5.62. The van der Waals surface area contributed by atoms with E-state index in [-0.39, 0.29) is 10.6 Å². The molecule has 2 rings (SSSR count). The predicted molar refractivity (Wildman–Crippen MR) is 92.3 cm³/mol. The Labute approximate surface area is 142 Å². The lowest BCUT2D eigenvalue weighted by molar-refractivity contribution is 0.405. The Morgan fingerprint density at radius 2 is 1.71 bits per heavy atom. The van der Waals surface area contributed by atoms with Crippen LogP contribution < -0.4 is 4.74 Å². The number of hydrogen-bond donors (Lipinski definition) is 2. The highest BCUT2D eigenvalue weighted by Gasteiger charge is 2.11. The molecule has 0 amide bonds. The second kappa shape index (κ2) is 8.17. The summed E-state index contributed by atoms with van der Waals surface area (Å²) >= 11 is 0. The van der Waals surface area contributed by atoms with Crippen LogP contribution in [-0.2, 0) is 16.5 Å². The molecule has 2 N–H and O–H groups in total. The van der Waals surface area contributed by atoms with Crippen molar-refractivity contribution < 1.29 is 22.8 Å². The molecule has 0 aliphatic carbocycles. The third-order valence-corrected chi connectivity index (χ3v) is 4.60. The number of ether oxygens (including phenoxy) is 1. The first-order valence-electron chi connectivity index (χ1n) is 7.98. The molecule has 2 aromatic carbocycles. The molecule has 0 aliphatic rings. The van der Waals surface area contributed by atoms with Crippen LogP contribution >= 0.6 is 0 Å². The Kier molecular flexibility index (Phi) is 6.23. The van der Waals surface area contributed by atoms with E-state index < -0.39 is 10.1 Å². The lowest BCUT2D eigenvalue weighted by Gasteiger charge is -2.11. The number of aromatic hydroxyl groups is 1. The van der Waals surface area contributed by atoms with Crippen LogP contribution in [0.1, 0.15) is 38.2 Å². The van der Waals surface area contributed by atoms with Crippen molar-refractivity contribution in [1.82, 2.24) is 0 Å². The molecule has 0 bridgehead atoms. The van der Waals surface area contributed by atoms with E-state index in [2.05, 4.69) is 6.92 Å². The number of aryl methyl sites for hydroxylation is 1. The van der Waals surface area contributed by atoms with Crippen LogP contribution in [0.2, 0.25) is 0 Å². The standard InChI is InChI=1S/C18H22O5S/c1-2-3-4-5-7-14-8-6-9-17(18(14)19)23-15-10-12-16(13-11-15)24(20,21)22/h6,8-13,19H,2-5,7H2,1H3,(H,20,21,22). The van der Waals surface area contributed by atoms with Gasteiger partial charge in [-0.25, -0.2) is 0 Å². The lowest BCUT2D eigenvalue weighted by Crippen LogP contribution is -1.97. The van der Waals surface area contributed by atoms with Crippen molar-refractivity contribution in [3.63, 3.8) is 0 Å². The maximum atomic E-state index is 11.0. The first kappa shape index (κ1) is 18.3. The molecule has 0 atom stereocenters. The largest absolute Gasteiger partial charge is 0.504 e. The van der Waals surface area contributed by atoms with Gasteiger partial charge in [0.15, 0.2) is 11.5 Å². The molecular formula is C18H22O5S. The van der Waals surface area contributed by atoms with Crippen LogP contribution in [0.25, 0.3) is 0 Å². The molecule has 0 aliphatic heterocycles. The van der Waals surface area contributed by atoms with Gasteiger partial charge in [0.2, 0.25) is 0 Å². The Bertz CT molecular complexity index is 766. The summed E-state index contributed by atoms with van der Waals surface area (Å²) in [5.41, 5.74) is 0.832. The summed E-state index contributed by atoms with van der Waals surface area (Å²) in [7, 11) is -4.23. The van der Waals surface area contributed by atoms with Gasteiger partial charge in [0.1, 0.15) is 5.75 Å². The number of phenols is 1. The van der Waals surface area contributed by atoms with E-state index >= 15 is 0 Å². The van der Waals surface area contributed by atoms with Crippen molar-refractivity contribution in [2.24, 2.45) is 0 Å². The maximum Gasteiger partial charge on any atom is 0.294 e. The van der Waals surface area contributed by atoms with Gasteiger partial charge in [-0.15, -0.1) is 0 Å². The van der Waals surface area contributed by atoms with Crippen LogP contribution in [-0.4, -0.2) is 18.1 Å². The third kappa shape index (κ3) is 4.97. The lowest BCUT2D eigenvalue weighted by atomic mass is 10.0. The minimum atomic E-state index is -4.23. The van der Waals surface area contributed by atoms with E-state index in [1.165, 1.54) is 30.7 Å². The number of unbranched alkanes of at least 4 members (excludes halogenated alkanes) is 3. The molecule has 0 heterocycles. The fourth-order valence-electron chi connectivity index (χ4n) is 2.40.